The van der Waals surface area contributed by atoms with E-state index >= 15 is 0 Å². The Morgan fingerprint density at radius 1 is 0.933 bits per heavy atom. The Morgan fingerprint density at radius 3 is 2.37 bits per heavy atom. The van der Waals surface area contributed by atoms with Crippen LogP contribution in [-0.4, -0.2) is 15.6 Å². The largest absolute Gasteiger partial charge is 0.493 e. The normalized spacial score (nSPS) is 11.4. The summed E-state index contributed by atoms with van der Waals surface area (Å²) in [5, 5.41) is 20.7. The molecule has 0 unspecified atom stereocenters. The van der Waals surface area contributed by atoms with Crippen molar-refractivity contribution in [2.45, 2.75) is 6.54 Å². The molecule has 0 spiro atoms. The van der Waals surface area contributed by atoms with E-state index < -0.39 is 5.91 Å². The first-order valence-corrected chi connectivity index (χ1v) is 10.0. The van der Waals surface area contributed by atoms with E-state index in [2.05, 4.69) is 10.2 Å². The third kappa shape index (κ3) is 3.92. The van der Waals surface area contributed by atoms with Gasteiger partial charge >= 0.3 is 0 Å². The number of azo groups is 1. The lowest BCUT2D eigenvalue weighted by molar-refractivity contribution is 0.0995. The van der Waals surface area contributed by atoms with Gasteiger partial charge in [0.25, 0.3) is 5.91 Å². The number of hydrogen-bond acceptors (Lipinski definition) is 3. The maximum absolute atomic E-state index is 12.4. The van der Waals surface area contributed by atoms with Gasteiger partial charge in [0.05, 0.1) is 12.1 Å². The Labute approximate surface area is 187 Å². The second-order valence-corrected chi connectivity index (χ2v) is 7.74. The summed E-state index contributed by atoms with van der Waals surface area (Å²) in [4.78, 5) is 12.4. The van der Waals surface area contributed by atoms with Crippen molar-refractivity contribution < 1.29 is 9.90 Å². The van der Waals surface area contributed by atoms with Crippen molar-refractivity contribution in [2.24, 2.45) is 10.2 Å². The van der Waals surface area contributed by atoms with Crippen LogP contribution in [0.2, 0.25) is 15.1 Å². The monoisotopic (exact) mass is 457 g/mol. The van der Waals surface area contributed by atoms with E-state index in [0.29, 0.717) is 37.1 Å². The topological polar surface area (TPSA) is 66.9 Å². The molecule has 0 aliphatic rings. The van der Waals surface area contributed by atoms with Gasteiger partial charge in [-0.1, -0.05) is 65.1 Å². The Balaban J connectivity index is 1.76. The van der Waals surface area contributed by atoms with Crippen molar-refractivity contribution in [3.8, 4) is 5.88 Å². The number of para-hydroxylation sites is 1. The summed E-state index contributed by atoms with van der Waals surface area (Å²) in [7, 11) is 0. The van der Waals surface area contributed by atoms with Gasteiger partial charge in [0.1, 0.15) is 0 Å². The van der Waals surface area contributed by atoms with E-state index in [0.717, 1.165) is 0 Å². The molecule has 0 atom stereocenters. The predicted molar refractivity (Wildman–Crippen MR) is 119 cm³/mol. The number of nitrogens with zero attached hydrogens (tertiary/aromatic N) is 3. The maximum atomic E-state index is 12.4. The van der Waals surface area contributed by atoms with E-state index in [-0.39, 0.29) is 18.1 Å². The van der Waals surface area contributed by atoms with Gasteiger partial charge in [-0.05, 0) is 36.4 Å². The number of amides is 1. The van der Waals surface area contributed by atoms with Crippen molar-refractivity contribution in [1.82, 2.24) is 4.57 Å². The fraction of sp³-hybridized carbons (Fsp3) is 0.0455. The molecule has 0 saturated carbocycles. The fourth-order valence-corrected chi connectivity index (χ4v) is 3.85. The van der Waals surface area contributed by atoms with Gasteiger partial charge in [0, 0.05) is 31.6 Å². The third-order valence-corrected chi connectivity index (χ3v) is 5.55. The van der Waals surface area contributed by atoms with Gasteiger partial charge in [0.2, 0.25) is 5.88 Å². The molecule has 0 bridgehead atoms. The van der Waals surface area contributed by atoms with Crippen LogP contribution in [0.25, 0.3) is 10.9 Å². The minimum absolute atomic E-state index is 0.144. The predicted octanol–water partition coefficient (Wildman–Crippen LogP) is 7.28. The van der Waals surface area contributed by atoms with Gasteiger partial charge in [-0.25, -0.2) is 0 Å². The SMILES string of the molecule is O=C(N=Nc1c(O)n(Cc2c(Cl)cccc2Cl)c2ccccc12)c1cccc(Cl)c1. The molecule has 5 nitrogen and oxygen atoms in total. The molecule has 1 amide bonds. The van der Waals surface area contributed by atoms with Gasteiger partial charge in [-0.2, -0.15) is 0 Å². The van der Waals surface area contributed by atoms with Crippen LogP contribution < -0.4 is 0 Å². The number of aromatic hydroxyl groups is 1. The first-order valence-electron chi connectivity index (χ1n) is 8.90. The number of fused-ring (bicyclic) bond motifs is 1. The Hall–Kier alpha value is -2.86. The Morgan fingerprint density at radius 2 is 1.63 bits per heavy atom. The summed E-state index contributed by atoms with van der Waals surface area (Å²) in [6.45, 7) is 0.225. The van der Waals surface area contributed by atoms with Crippen LogP contribution >= 0.6 is 34.8 Å². The molecular formula is C22H14Cl3N3O2. The molecule has 1 aromatic heterocycles. The maximum Gasteiger partial charge on any atom is 0.295 e. The van der Waals surface area contributed by atoms with Gasteiger partial charge in [-0.15, -0.1) is 10.2 Å². The molecule has 0 aliphatic carbocycles. The quantitative estimate of drug-likeness (QED) is 0.326. The molecule has 1 N–H and O–H groups in total. The van der Waals surface area contributed by atoms with Crippen LogP contribution in [0, 0.1) is 0 Å². The highest BCUT2D eigenvalue weighted by Gasteiger charge is 2.19. The van der Waals surface area contributed by atoms with Crippen LogP contribution in [0.3, 0.4) is 0 Å². The number of hydrogen-bond donors (Lipinski definition) is 1. The summed E-state index contributed by atoms with van der Waals surface area (Å²) in [6.07, 6.45) is 0. The first kappa shape index (κ1) is 20.4. The zero-order valence-corrected chi connectivity index (χ0v) is 17.7. The lowest BCUT2D eigenvalue weighted by atomic mass is 10.2. The minimum Gasteiger partial charge on any atom is -0.493 e. The number of rotatable bonds is 4. The van der Waals surface area contributed by atoms with E-state index in [1.807, 2.05) is 18.2 Å². The smallest absolute Gasteiger partial charge is 0.295 e. The zero-order valence-electron chi connectivity index (χ0n) is 15.4. The number of carbonyl (C=O) groups excluding carboxylic acids is 1. The van der Waals surface area contributed by atoms with Crippen molar-refractivity contribution in [1.29, 1.82) is 0 Å². The fourth-order valence-electron chi connectivity index (χ4n) is 3.15. The van der Waals surface area contributed by atoms with Crippen molar-refractivity contribution >= 4 is 57.3 Å². The summed E-state index contributed by atoms with van der Waals surface area (Å²) in [6, 6.07) is 18.9. The summed E-state index contributed by atoms with van der Waals surface area (Å²) in [5.41, 5.74) is 1.85. The molecular weight excluding hydrogens is 445 g/mol. The highest BCUT2D eigenvalue weighted by molar-refractivity contribution is 6.36. The van der Waals surface area contributed by atoms with Gasteiger partial charge < -0.3 is 9.67 Å². The summed E-state index contributed by atoms with van der Waals surface area (Å²) in [5.74, 6) is -0.710. The number of benzene rings is 3. The van der Waals surface area contributed by atoms with Crippen LogP contribution in [-0.2, 0) is 6.54 Å². The molecule has 8 heteroatoms. The van der Waals surface area contributed by atoms with Crippen LogP contribution in [0.4, 0.5) is 5.69 Å². The lowest BCUT2D eigenvalue weighted by Crippen LogP contribution is -2.00. The van der Waals surface area contributed by atoms with Crippen molar-refractivity contribution in [3.05, 3.63) is 92.9 Å². The molecule has 1 heterocycles. The standard InChI is InChI=1S/C22H14Cl3N3O2/c23-14-6-3-5-13(11-14)21(29)27-26-20-15-7-1-2-10-19(15)28(22(20)30)12-16-17(24)8-4-9-18(16)25/h1-11,30H,12H2. The Bertz CT molecular complexity index is 1280. The molecule has 150 valence electrons. The Kier molecular flexibility index (Phi) is 5.77. The zero-order chi connectivity index (χ0) is 21.3. The van der Waals surface area contributed by atoms with Gasteiger partial charge in [-0.3, -0.25) is 4.79 Å². The molecule has 0 radical (unpaired) electrons. The number of aromatic nitrogens is 1. The minimum atomic E-state index is -0.567. The average Bonchev–Trinajstić information content (AvgIpc) is 3.00. The van der Waals surface area contributed by atoms with E-state index in [9.17, 15) is 9.90 Å². The molecule has 4 rings (SSSR count). The number of halogens is 3. The number of carbonyl (C=O) groups is 1. The third-order valence-electron chi connectivity index (χ3n) is 4.61. The highest BCUT2D eigenvalue weighted by Crippen LogP contribution is 2.40. The van der Waals surface area contributed by atoms with Crippen LogP contribution in [0.1, 0.15) is 15.9 Å². The molecule has 0 aliphatic heterocycles. The lowest BCUT2D eigenvalue weighted by Gasteiger charge is -2.10. The molecule has 4 aromatic rings. The summed E-state index contributed by atoms with van der Waals surface area (Å²) < 4.78 is 1.63. The van der Waals surface area contributed by atoms with Crippen molar-refractivity contribution in [3.63, 3.8) is 0 Å². The second-order valence-electron chi connectivity index (χ2n) is 6.49. The average molecular weight is 459 g/mol. The van der Waals surface area contributed by atoms with Crippen LogP contribution in [0.5, 0.6) is 5.88 Å². The summed E-state index contributed by atoms with van der Waals surface area (Å²) >= 11 is 18.5. The van der Waals surface area contributed by atoms with E-state index in [1.165, 1.54) is 6.07 Å². The second kappa shape index (κ2) is 8.48. The van der Waals surface area contributed by atoms with Crippen LogP contribution in [0.15, 0.2) is 77.0 Å². The molecule has 0 saturated heterocycles. The molecule has 0 fully saturated rings. The molecule has 30 heavy (non-hydrogen) atoms. The highest BCUT2D eigenvalue weighted by atomic mass is 35.5. The van der Waals surface area contributed by atoms with Gasteiger partial charge in [0.15, 0.2) is 5.69 Å². The van der Waals surface area contributed by atoms with Crippen molar-refractivity contribution in [2.75, 3.05) is 0 Å². The first-order chi connectivity index (χ1) is 14.5. The van der Waals surface area contributed by atoms with E-state index in [4.69, 9.17) is 34.8 Å². The molecule has 3 aromatic carbocycles. The van der Waals surface area contributed by atoms with E-state index in [1.54, 1.807) is 47.0 Å².